The van der Waals surface area contributed by atoms with Crippen molar-refractivity contribution < 1.29 is 23.6 Å². The molecule has 0 amide bonds. The molecule has 0 saturated carbocycles. The molecule has 0 N–H and O–H groups in total. The average molecular weight is 325 g/mol. The number of carbonyl (C=O) groups is 2. The summed E-state index contributed by atoms with van der Waals surface area (Å²) in [6.07, 6.45) is 0.0215. The predicted octanol–water partition coefficient (Wildman–Crippen LogP) is 2.90. The van der Waals surface area contributed by atoms with Crippen molar-refractivity contribution in [2.45, 2.75) is 13.0 Å². The van der Waals surface area contributed by atoms with Crippen LogP contribution in [0.25, 0.3) is 11.0 Å². The van der Waals surface area contributed by atoms with Gasteiger partial charge in [-0.25, -0.2) is 4.79 Å². The number of rotatable bonds is 5. The Hall–Kier alpha value is -3.15. The van der Waals surface area contributed by atoms with E-state index in [1.165, 1.54) is 7.11 Å². The first-order valence-electron chi connectivity index (χ1n) is 7.33. The second kappa shape index (κ2) is 6.95. The van der Waals surface area contributed by atoms with Crippen molar-refractivity contribution in [3.8, 4) is 0 Å². The van der Waals surface area contributed by atoms with Crippen LogP contribution >= 0.6 is 0 Å². The van der Waals surface area contributed by atoms with Gasteiger partial charge in [0.05, 0.1) is 19.1 Å². The van der Waals surface area contributed by atoms with E-state index >= 15 is 0 Å². The van der Waals surface area contributed by atoms with Gasteiger partial charge in [-0.15, -0.1) is 0 Å². The molecule has 3 aromatic rings. The van der Waals surface area contributed by atoms with E-state index in [-0.39, 0.29) is 13.0 Å². The van der Waals surface area contributed by atoms with E-state index in [0.717, 1.165) is 5.39 Å². The van der Waals surface area contributed by atoms with E-state index in [9.17, 15) is 9.59 Å². The molecule has 1 aromatic heterocycles. The number of fused-ring (bicyclic) bond motifs is 1. The maximum atomic E-state index is 12.0. The molecule has 0 bridgehead atoms. The van der Waals surface area contributed by atoms with Gasteiger partial charge in [0.2, 0.25) is 0 Å². The zero-order chi connectivity index (χ0) is 16.9. The molecule has 0 saturated heterocycles. The highest BCUT2D eigenvalue weighted by molar-refractivity contribution is 5.89. The van der Waals surface area contributed by atoms with E-state index in [1.54, 1.807) is 30.3 Å². The average Bonchev–Trinajstić information content (AvgIpc) is 3.02. The van der Waals surface area contributed by atoms with Crippen LogP contribution in [0.2, 0.25) is 0 Å². The third-order valence-electron chi connectivity index (χ3n) is 3.51. The molecule has 0 aliphatic heterocycles. The minimum absolute atomic E-state index is 0.0215. The Morgan fingerprint density at radius 1 is 1.12 bits per heavy atom. The minimum atomic E-state index is -0.433. The van der Waals surface area contributed by atoms with E-state index < -0.39 is 11.9 Å². The Labute approximate surface area is 138 Å². The highest BCUT2D eigenvalue weighted by Gasteiger charge is 2.13. The third kappa shape index (κ3) is 3.43. The lowest BCUT2D eigenvalue weighted by Crippen LogP contribution is -2.09. The fraction of sp³-hybridized carbons (Fsp3) is 0.167. The summed E-state index contributed by atoms with van der Waals surface area (Å²) in [6.45, 7) is 0.0689. The topological polar surface area (TPSA) is 78.6 Å². The largest absolute Gasteiger partial charge is 0.465 e. The highest BCUT2D eigenvalue weighted by Crippen LogP contribution is 2.18. The van der Waals surface area contributed by atoms with Crippen LogP contribution in [0.3, 0.4) is 0 Å². The summed E-state index contributed by atoms with van der Waals surface area (Å²) >= 11 is 0. The molecular formula is C18H15NO5. The number of nitrogens with zero attached hydrogens (tertiary/aromatic N) is 1. The molecular weight excluding hydrogens is 310 g/mol. The Kier molecular flexibility index (Phi) is 4.56. The summed E-state index contributed by atoms with van der Waals surface area (Å²) < 4.78 is 15.1. The smallest absolute Gasteiger partial charge is 0.337 e. The van der Waals surface area contributed by atoms with Crippen LogP contribution in [-0.4, -0.2) is 24.2 Å². The second-order valence-corrected chi connectivity index (χ2v) is 5.15. The van der Waals surface area contributed by atoms with Gasteiger partial charge in [-0.3, -0.25) is 4.79 Å². The van der Waals surface area contributed by atoms with Gasteiger partial charge in [-0.2, -0.15) is 0 Å². The summed E-state index contributed by atoms with van der Waals surface area (Å²) in [7, 11) is 1.32. The number of hydrogen-bond acceptors (Lipinski definition) is 6. The van der Waals surface area contributed by atoms with Crippen LogP contribution in [-0.2, 0) is 27.3 Å². The SMILES string of the molecule is COC(=O)c1cccc(COC(=O)Cc2noc3ccccc23)c1. The summed E-state index contributed by atoms with van der Waals surface area (Å²) in [6, 6.07) is 14.1. The zero-order valence-electron chi connectivity index (χ0n) is 13.0. The first-order valence-corrected chi connectivity index (χ1v) is 7.33. The van der Waals surface area contributed by atoms with Gasteiger partial charge >= 0.3 is 11.9 Å². The van der Waals surface area contributed by atoms with Crippen molar-refractivity contribution in [1.29, 1.82) is 0 Å². The molecule has 122 valence electrons. The van der Waals surface area contributed by atoms with Crippen LogP contribution in [0.15, 0.2) is 53.1 Å². The molecule has 0 aliphatic rings. The fourth-order valence-corrected chi connectivity index (χ4v) is 2.32. The summed E-state index contributed by atoms with van der Waals surface area (Å²) in [5.41, 5.74) is 2.29. The third-order valence-corrected chi connectivity index (χ3v) is 3.51. The van der Waals surface area contributed by atoms with E-state index in [1.807, 2.05) is 18.2 Å². The first kappa shape index (κ1) is 15.7. The second-order valence-electron chi connectivity index (χ2n) is 5.15. The Morgan fingerprint density at radius 3 is 2.79 bits per heavy atom. The number of aromatic nitrogens is 1. The summed E-state index contributed by atoms with van der Waals surface area (Å²) in [4.78, 5) is 23.5. The zero-order valence-corrected chi connectivity index (χ0v) is 13.0. The standard InChI is InChI=1S/C18H15NO5/c1-22-18(21)13-6-4-5-12(9-13)11-23-17(20)10-15-14-7-2-3-8-16(14)24-19-15/h2-9H,10-11H2,1H3. The number of para-hydroxylation sites is 1. The van der Waals surface area contributed by atoms with E-state index in [0.29, 0.717) is 22.4 Å². The predicted molar refractivity (Wildman–Crippen MR) is 85.3 cm³/mol. The molecule has 2 aromatic carbocycles. The number of esters is 2. The lowest BCUT2D eigenvalue weighted by Gasteiger charge is -2.05. The van der Waals surface area contributed by atoms with Gasteiger partial charge in [-0.1, -0.05) is 29.4 Å². The Morgan fingerprint density at radius 2 is 1.96 bits per heavy atom. The molecule has 6 nitrogen and oxygen atoms in total. The Balaban J connectivity index is 1.63. The lowest BCUT2D eigenvalue weighted by molar-refractivity contribution is -0.144. The molecule has 0 spiro atoms. The van der Waals surface area contributed by atoms with Crippen LogP contribution < -0.4 is 0 Å². The van der Waals surface area contributed by atoms with Gasteiger partial charge in [-0.05, 0) is 29.8 Å². The van der Waals surface area contributed by atoms with Crippen LogP contribution in [0.4, 0.5) is 0 Å². The van der Waals surface area contributed by atoms with Gasteiger partial charge < -0.3 is 14.0 Å². The number of methoxy groups -OCH3 is 1. The molecule has 0 atom stereocenters. The lowest BCUT2D eigenvalue weighted by atomic mass is 10.1. The fourth-order valence-electron chi connectivity index (χ4n) is 2.32. The normalized spacial score (nSPS) is 10.5. The number of ether oxygens (including phenoxy) is 2. The molecule has 24 heavy (non-hydrogen) atoms. The van der Waals surface area contributed by atoms with Gasteiger partial charge in [0.25, 0.3) is 0 Å². The van der Waals surface area contributed by atoms with Crippen molar-refractivity contribution in [1.82, 2.24) is 5.16 Å². The molecule has 0 unspecified atom stereocenters. The molecule has 0 radical (unpaired) electrons. The summed E-state index contributed by atoms with van der Waals surface area (Å²) in [5, 5.41) is 4.70. The quantitative estimate of drug-likeness (QED) is 0.671. The van der Waals surface area contributed by atoms with Crippen molar-refractivity contribution in [3.05, 3.63) is 65.4 Å². The van der Waals surface area contributed by atoms with Gasteiger partial charge in [0.15, 0.2) is 5.58 Å². The molecule has 1 heterocycles. The van der Waals surface area contributed by atoms with Crippen molar-refractivity contribution in [3.63, 3.8) is 0 Å². The van der Waals surface area contributed by atoms with Gasteiger partial charge in [0, 0.05) is 5.39 Å². The van der Waals surface area contributed by atoms with Crippen molar-refractivity contribution >= 4 is 22.9 Å². The van der Waals surface area contributed by atoms with E-state index in [4.69, 9.17) is 9.26 Å². The van der Waals surface area contributed by atoms with Crippen LogP contribution in [0.1, 0.15) is 21.6 Å². The highest BCUT2D eigenvalue weighted by atomic mass is 16.5. The molecule has 0 aliphatic carbocycles. The maximum Gasteiger partial charge on any atom is 0.337 e. The maximum absolute atomic E-state index is 12.0. The summed E-state index contributed by atoms with van der Waals surface area (Å²) in [5.74, 6) is -0.852. The first-order chi connectivity index (χ1) is 11.7. The molecule has 3 rings (SSSR count). The van der Waals surface area contributed by atoms with Gasteiger partial charge in [0.1, 0.15) is 12.3 Å². The Bertz CT molecular complexity index is 884. The van der Waals surface area contributed by atoms with Crippen LogP contribution in [0, 0.1) is 0 Å². The molecule has 6 heteroatoms. The molecule has 0 fully saturated rings. The van der Waals surface area contributed by atoms with Crippen molar-refractivity contribution in [2.24, 2.45) is 0 Å². The minimum Gasteiger partial charge on any atom is -0.465 e. The monoisotopic (exact) mass is 325 g/mol. The van der Waals surface area contributed by atoms with E-state index in [2.05, 4.69) is 9.89 Å². The van der Waals surface area contributed by atoms with Crippen molar-refractivity contribution in [2.75, 3.05) is 7.11 Å². The number of benzene rings is 2. The number of carbonyl (C=O) groups excluding carboxylic acids is 2. The van der Waals surface area contributed by atoms with Crippen LogP contribution in [0.5, 0.6) is 0 Å². The number of hydrogen-bond donors (Lipinski definition) is 0.